The van der Waals surface area contributed by atoms with Gasteiger partial charge in [0.1, 0.15) is 0 Å². The van der Waals surface area contributed by atoms with E-state index in [1.54, 1.807) is 41.3 Å². The number of rotatable bonds is 6. The summed E-state index contributed by atoms with van der Waals surface area (Å²) in [7, 11) is 0. The summed E-state index contributed by atoms with van der Waals surface area (Å²) in [5.74, 6) is -0.797. The molecule has 1 aliphatic rings. The number of halogens is 2. The fourth-order valence-electron chi connectivity index (χ4n) is 2.90. The third kappa shape index (κ3) is 5.43. The average molecular weight is 406 g/mol. The zero-order valence-corrected chi connectivity index (χ0v) is 16.0. The normalized spacial score (nSPS) is 14.6. The lowest BCUT2D eigenvalue weighted by Gasteiger charge is -2.34. The van der Waals surface area contributed by atoms with E-state index in [1.165, 1.54) is 12.1 Å². The van der Waals surface area contributed by atoms with E-state index < -0.39 is 5.82 Å². The van der Waals surface area contributed by atoms with Crippen molar-refractivity contribution in [3.8, 4) is 5.75 Å². The second kappa shape index (κ2) is 9.52. The van der Waals surface area contributed by atoms with E-state index in [0.717, 1.165) is 0 Å². The molecule has 0 unspecified atom stereocenters. The number of amides is 2. The molecule has 148 valence electrons. The minimum Gasteiger partial charge on any atom is -0.481 e. The Bertz CT molecular complexity index is 841. The van der Waals surface area contributed by atoms with Gasteiger partial charge in [0.2, 0.25) is 5.91 Å². The molecule has 1 N–H and O–H groups in total. The highest BCUT2D eigenvalue weighted by Gasteiger charge is 2.23. The molecule has 2 amide bonds. The summed E-state index contributed by atoms with van der Waals surface area (Å²) in [6.45, 7) is 2.12. The molecule has 0 aliphatic carbocycles. The highest BCUT2D eigenvalue weighted by molar-refractivity contribution is 6.33. The van der Waals surface area contributed by atoms with Crippen molar-refractivity contribution < 1.29 is 18.7 Å². The second-order valence-electron chi connectivity index (χ2n) is 6.40. The van der Waals surface area contributed by atoms with Crippen LogP contribution in [-0.2, 0) is 9.59 Å². The number of carbonyl (C=O) groups is 2. The van der Waals surface area contributed by atoms with Gasteiger partial charge in [-0.25, -0.2) is 4.39 Å². The molecular weight excluding hydrogens is 385 g/mol. The number of hydrogen-bond acceptors (Lipinski definition) is 4. The molecule has 1 fully saturated rings. The van der Waals surface area contributed by atoms with Crippen LogP contribution in [0.5, 0.6) is 5.75 Å². The quantitative estimate of drug-likeness (QED) is 0.802. The Labute approximate surface area is 167 Å². The van der Waals surface area contributed by atoms with Crippen molar-refractivity contribution in [1.29, 1.82) is 0 Å². The van der Waals surface area contributed by atoms with Crippen LogP contribution in [0.1, 0.15) is 0 Å². The lowest BCUT2D eigenvalue weighted by Crippen LogP contribution is -2.51. The molecule has 2 aromatic carbocycles. The molecule has 1 saturated heterocycles. The first-order valence-corrected chi connectivity index (χ1v) is 9.32. The zero-order valence-electron chi connectivity index (χ0n) is 15.2. The number of piperazine rings is 1. The number of anilines is 1. The van der Waals surface area contributed by atoms with Gasteiger partial charge in [0.25, 0.3) is 5.91 Å². The summed E-state index contributed by atoms with van der Waals surface area (Å²) in [5, 5.41) is 3.27. The fraction of sp³-hybridized carbons (Fsp3) is 0.300. The molecule has 1 heterocycles. The van der Waals surface area contributed by atoms with Crippen LogP contribution >= 0.6 is 11.6 Å². The Morgan fingerprint density at radius 3 is 2.43 bits per heavy atom. The van der Waals surface area contributed by atoms with Gasteiger partial charge in [-0.2, -0.15) is 0 Å². The Hall–Kier alpha value is -2.64. The number of benzene rings is 2. The Kier molecular flexibility index (Phi) is 6.84. The van der Waals surface area contributed by atoms with Gasteiger partial charge in [0.15, 0.2) is 18.2 Å². The number of nitrogens with one attached hydrogen (secondary N) is 1. The van der Waals surface area contributed by atoms with Gasteiger partial charge in [-0.15, -0.1) is 0 Å². The van der Waals surface area contributed by atoms with E-state index >= 15 is 0 Å². The van der Waals surface area contributed by atoms with Crippen molar-refractivity contribution >= 4 is 29.1 Å². The van der Waals surface area contributed by atoms with Gasteiger partial charge in [-0.05, 0) is 24.3 Å². The van der Waals surface area contributed by atoms with Gasteiger partial charge in [0.05, 0.1) is 17.3 Å². The Morgan fingerprint density at radius 1 is 1.04 bits per heavy atom. The average Bonchev–Trinajstić information content (AvgIpc) is 2.69. The molecule has 8 heteroatoms. The molecule has 28 heavy (non-hydrogen) atoms. The number of nitrogens with zero attached hydrogens (tertiary/aromatic N) is 2. The fourth-order valence-corrected chi connectivity index (χ4v) is 3.09. The lowest BCUT2D eigenvalue weighted by molar-refractivity contribution is -0.135. The zero-order chi connectivity index (χ0) is 19.9. The molecule has 6 nitrogen and oxygen atoms in total. The summed E-state index contributed by atoms with van der Waals surface area (Å²) < 4.78 is 18.8. The van der Waals surface area contributed by atoms with Crippen LogP contribution in [0.4, 0.5) is 10.1 Å². The third-order valence-electron chi connectivity index (χ3n) is 4.43. The van der Waals surface area contributed by atoms with E-state index in [9.17, 15) is 14.0 Å². The van der Waals surface area contributed by atoms with E-state index in [4.69, 9.17) is 16.3 Å². The summed E-state index contributed by atoms with van der Waals surface area (Å²) in [5.41, 5.74) is 0.577. The summed E-state index contributed by atoms with van der Waals surface area (Å²) in [6, 6.07) is 13.0. The largest absolute Gasteiger partial charge is 0.481 e. The van der Waals surface area contributed by atoms with Crippen LogP contribution in [0.2, 0.25) is 5.02 Å². The summed E-state index contributed by atoms with van der Waals surface area (Å²) in [6.07, 6.45) is 0. The first kappa shape index (κ1) is 20.1. The predicted octanol–water partition coefficient (Wildman–Crippen LogP) is 2.64. The van der Waals surface area contributed by atoms with Gasteiger partial charge in [-0.3, -0.25) is 14.5 Å². The second-order valence-corrected chi connectivity index (χ2v) is 6.81. The molecule has 0 atom stereocenters. The van der Waals surface area contributed by atoms with E-state index in [2.05, 4.69) is 5.32 Å². The highest BCUT2D eigenvalue weighted by atomic mass is 35.5. The number of carbonyl (C=O) groups excluding carboxylic acids is 2. The van der Waals surface area contributed by atoms with Crippen LogP contribution in [0.15, 0.2) is 48.5 Å². The molecule has 0 bridgehead atoms. The molecule has 0 aromatic heterocycles. The molecule has 3 rings (SSSR count). The summed E-state index contributed by atoms with van der Waals surface area (Å²) >= 11 is 6.04. The smallest absolute Gasteiger partial charge is 0.260 e. The van der Waals surface area contributed by atoms with Crippen molar-refractivity contribution in [2.45, 2.75) is 0 Å². The Morgan fingerprint density at radius 2 is 1.71 bits per heavy atom. The minimum atomic E-state index is -0.496. The maximum Gasteiger partial charge on any atom is 0.260 e. The molecular formula is C20H21ClFN3O3. The van der Waals surface area contributed by atoms with Crippen LogP contribution in [-0.4, -0.2) is 60.9 Å². The topological polar surface area (TPSA) is 61.9 Å². The minimum absolute atomic E-state index is 0.0609. The number of ether oxygens (including phenoxy) is 1. The first-order valence-electron chi connectivity index (χ1n) is 8.95. The standard InChI is InChI=1S/C20H21ClFN3O3/c21-15-5-1-3-7-17(15)23-19(26)13-24-9-11-25(12-10-24)20(27)14-28-18-8-4-2-6-16(18)22/h1-8H,9-14H2,(H,23,26). The lowest BCUT2D eigenvalue weighted by atomic mass is 10.3. The van der Waals surface area contributed by atoms with Crippen LogP contribution in [0, 0.1) is 5.82 Å². The van der Waals surface area contributed by atoms with Crippen molar-refractivity contribution in [3.05, 3.63) is 59.4 Å². The molecule has 1 aliphatic heterocycles. The van der Waals surface area contributed by atoms with E-state index in [0.29, 0.717) is 36.9 Å². The number of hydrogen-bond donors (Lipinski definition) is 1. The van der Waals surface area contributed by atoms with Gasteiger partial charge >= 0.3 is 0 Å². The third-order valence-corrected chi connectivity index (χ3v) is 4.76. The van der Waals surface area contributed by atoms with Gasteiger partial charge in [0, 0.05) is 26.2 Å². The van der Waals surface area contributed by atoms with Gasteiger partial charge < -0.3 is 15.0 Å². The molecule has 0 saturated carbocycles. The SMILES string of the molecule is O=C(CN1CCN(C(=O)COc2ccccc2F)CC1)Nc1ccccc1Cl. The summed E-state index contributed by atoms with van der Waals surface area (Å²) in [4.78, 5) is 28.1. The van der Waals surface area contributed by atoms with Crippen molar-refractivity contribution in [3.63, 3.8) is 0 Å². The monoisotopic (exact) mass is 405 g/mol. The van der Waals surface area contributed by atoms with Gasteiger partial charge in [-0.1, -0.05) is 35.9 Å². The molecule has 2 aromatic rings. The van der Waals surface area contributed by atoms with E-state index in [1.807, 2.05) is 4.90 Å². The highest BCUT2D eigenvalue weighted by Crippen LogP contribution is 2.20. The first-order chi connectivity index (χ1) is 13.5. The Balaban J connectivity index is 1.41. The van der Waals surface area contributed by atoms with Crippen LogP contribution < -0.4 is 10.1 Å². The maximum atomic E-state index is 13.5. The van der Waals surface area contributed by atoms with Crippen molar-refractivity contribution in [2.24, 2.45) is 0 Å². The van der Waals surface area contributed by atoms with Crippen LogP contribution in [0.25, 0.3) is 0 Å². The van der Waals surface area contributed by atoms with Crippen LogP contribution in [0.3, 0.4) is 0 Å². The molecule has 0 spiro atoms. The maximum absolute atomic E-state index is 13.5. The predicted molar refractivity (Wildman–Crippen MR) is 105 cm³/mol. The van der Waals surface area contributed by atoms with Crippen molar-refractivity contribution in [1.82, 2.24) is 9.80 Å². The van der Waals surface area contributed by atoms with E-state index in [-0.39, 0.29) is 30.7 Å². The number of para-hydroxylation sites is 2. The molecule has 0 radical (unpaired) electrons. The van der Waals surface area contributed by atoms with Crippen molar-refractivity contribution in [2.75, 3.05) is 44.6 Å².